The fourth-order valence-corrected chi connectivity index (χ4v) is 2.96. The number of amides is 2. The summed E-state index contributed by atoms with van der Waals surface area (Å²) >= 11 is 0. The quantitative estimate of drug-likeness (QED) is 0.845. The van der Waals surface area contributed by atoms with Crippen molar-refractivity contribution >= 4 is 17.6 Å². The number of pyridine rings is 1. The molecule has 0 unspecified atom stereocenters. The second-order valence-corrected chi connectivity index (χ2v) is 6.32. The number of carbonyl (C=O) groups excluding carboxylic acids is 2. The average Bonchev–Trinajstić information content (AvgIpc) is 2.73. The number of benzene rings is 1. The number of rotatable bonds is 6. The molecular weight excluding hydrogens is 346 g/mol. The molecule has 7 heteroatoms. The molecule has 2 aromatic rings. The van der Waals surface area contributed by atoms with Crippen LogP contribution in [0.1, 0.15) is 12.8 Å². The summed E-state index contributed by atoms with van der Waals surface area (Å²) in [5, 5.41) is 2.82. The molecule has 0 atom stereocenters. The van der Waals surface area contributed by atoms with Gasteiger partial charge < -0.3 is 19.7 Å². The molecule has 2 amide bonds. The Morgan fingerprint density at radius 3 is 2.44 bits per heavy atom. The number of hydrogen-bond donors (Lipinski definition) is 1. The van der Waals surface area contributed by atoms with Crippen LogP contribution in [0.2, 0.25) is 0 Å². The Balaban J connectivity index is 1.42. The van der Waals surface area contributed by atoms with Crippen LogP contribution in [0.3, 0.4) is 0 Å². The van der Waals surface area contributed by atoms with Gasteiger partial charge >= 0.3 is 0 Å². The van der Waals surface area contributed by atoms with Crippen LogP contribution in [0, 0.1) is 5.92 Å². The second-order valence-electron chi connectivity index (χ2n) is 6.32. The Kier molecular flexibility index (Phi) is 6.25. The minimum atomic E-state index is -0.112. The SMILES string of the molecule is COc1ccc(OCC(=O)N2CCC(C(=O)Nc3ccccn3)CC2)cc1. The molecule has 7 nitrogen and oxygen atoms in total. The molecule has 1 N–H and O–H groups in total. The number of methoxy groups -OCH3 is 1. The number of nitrogens with one attached hydrogen (secondary N) is 1. The molecule has 0 aliphatic carbocycles. The Labute approximate surface area is 158 Å². The summed E-state index contributed by atoms with van der Waals surface area (Å²) in [5.74, 6) is 1.67. The third kappa shape index (κ3) is 5.20. The first-order chi connectivity index (χ1) is 13.2. The Bertz CT molecular complexity index is 757. The first-order valence-electron chi connectivity index (χ1n) is 8.92. The molecule has 27 heavy (non-hydrogen) atoms. The minimum absolute atomic E-state index is 0.0167. The predicted molar refractivity (Wildman–Crippen MR) is 101 cm³/mol. The van der Waals surface area contributed by atoms with Gasteiger partial charge in [-0.15, -0.1) is 0 Å². The van der Waals surface area contributed by atoms with Crippen LogP contribution in [0.15, 0.2) is 48.7 Å². The molecule has 1 aromatic carbocycles. The van der Waals surface area contributed by atoms with Crippen LogP contribution in [-0.2, 0) is 9.59 Å². The lowest BCUT2D eigenvalue weighted by molar-refractivity contribution is -0.136. The van der Waals surface area contributed by atoms with Crippen molar-refractivity contribution in [2.24, 2.45) is 5.92 Å². The lowest BCUT2D eigenvalue weighted by atomic mass is 9.96. The predicted octanol–water partition coefficient (Wildman–Crippen LogP) is 2.35. The van der Waals surface area contributed by atoms with Crippen LogP contribution in [-0.4, -0.2) is 48.5 Å². The molecule has 0 saturated carbocycles. The number of aromatic nitrogens is 1. The number of nitrogens with zero attached hydrogens (tertiary/aromatic N) is 2. The standard InChI is InChI=1S/C20H23N3O4/c1-26-16-5-7-17(8-6-16)27-14-19(24)23-12-9-15(10-13-23)20(25)22-18-4-2-3-11-21-18/h2-8,11,15H,9-10,12-14H2,1H3,(H,21,22,25). The van der Waals surface area contributed by atoms with E-state index in [0.29, 0.717) is 37.5 Å². The highest BCUT2D eigenvalue weighted by Crippen LogP contribution is 2.20. The molecule has 1 aromatic heterocycles. The molecule has 1 aliphatic heterocycles. The average molecular weight is 369 g/mol. The topological polar surface area (TPSA) is 80.8 Å². The smallest absolute Gasteiger partial charge is 0.260 e. The third-order valence-corrected chi connectivity index (χ3v) is 4.56. The first kappa shape index (κ1) is 18.7. The van der Waals surface area contributed by atoms with Crippen LogP contribution < -0.4 is 14.8 Å². The van der Waals surface area contributed by atoms with Crippen molar-refractivity contribution < 1.29 is 19.1 Å². The van der Waals surface area contributed by atoms with Crippen molar-refractivity contribution in [2.45, 2.75) is 12.8 Å². The van der Waals surface area contributed by atoms with E-state index in [1.54, 1.807) is 54.6 Å². The zero-order valence-corrected chi connectivity index (χ0v) is 15.3. The van der Waals surface area contributed by atoms with E-state index in [-0.39, 0.29) is 24.3 Å². The van der Waals surface area contributed by atoms with Crippen LogP contribution in [0.5, 0.6) is 11.5 Å². The fraction of sp³-hybridized carbons (Fsp3) is 0.350. The largest absolute Gasteiger partial charge is 0.497 e. The number of carbonyl (C=O) groups is 2. The molecule has 142 valence electrons. The molecule has 1 fully saturated rings. The number of anilines is 1. The summed E-state index contributed by atoms with van der Waals surface area (Å²) in [6, 6.07) is 12.5. The fourth-order valence-electron chi connectivity index (χ4n) is 2.96. The van der Waals surface area contributed by atoms with E-state index in [2.05, 4.69) is 10.3 Å². The van der Waals surface area contributed by atoms with Crippen molar-refractivity contribution in [3.8, 4) is 11.5 Å². The first-order valence-corrected chi connectivity index (χ1v) is 8.92. The van der Waals surface area contributed by atoms with Crippen LogP contribution >= 0.6 is 0 Å². The summed E-state index contributed by atoms with van der Waals surface area (Å²) in [6.07, 6.45) is 2.90. The maximum atomic E-state index is 12.3. The molecule has 0 radical (unpaired) electrons. The lowest BCUT2D eigenvalue weighted by Crippen LogP contribution is -2.43. The zero-order chi connectivity index (χ0) is 19.1. The number of hydrogen-bond acceptors (Lipinski definition) is 5. The van der Waals surface area contributed by atoms with Crippen molar-refractivity contribution in [1.82, 2.24) is 9.88 Å². The summed E-state index contributed by atoms with van der Waals surface area (Å²) in [6.45, 7) is 1.08. The maximum absolute atomic E-state index is 12.3. The van der Waals surface area contributed by atoms with Gasteiger partial charge in [0.1, 0.15) is 17.3 Å². The normalized spacial score (nSPS) is 14.5. The van der Waals surface area contributed by atoms with E-state index in [4.69, 9.17) is 9.47 Å². The van der Waals surface area contributed by atoms with Gasteiger partial charge in [-0.2, -0.15) is 0 Å². The number of likely N-dealkylation sites (tertiary alicyclic amines) is 1. The van der Waals surface area contributed by atoms with Crippen molar-refractivity contribution in [1.29, 1.82) is 0 Å². The summed E-state index contributed by atoms with van der Waals surface area (Å²) in [7, 11) is 1.60. The van der Waals surface area contributed by atoms with Crippen molar-refractivity contribution in [3.05, 3.63) is 48.7 Å². The van der Waals surface area contributed by atoms with E-state index in [0.717, 1.165) is 5.75 Å². The Morgan fingerprint density at radius 1 is 1.11 bits per heavy atom. The van der Waals surface area contributed by atoms with E-state index in [1.807, 2.05) is 6.07 Å². The van der Waals surface area contributed by atoms with Crippen LogP contribution in [0.4, 0.5) is 5.82 Å². The molecule has 1 saturated heterocycles. The van der Waals surface area contributed by atoms with Gasteiger partial charge in [0, 0.05) is 25.2 Å². The molecule has 2 heterocycles. The van der Waals surface area contributed by atoms with E-state index in [9.17, 15) is 9.59 Å². The third-order valence-electron chi connectivity index (χ3n) is 4.56. The maximum Gasteiger partial charge on any atom is 0.260 e. The highest BCUT2D eigenvalue weighted by atomic mass is 16.5. The summed E-state index contributed by atoms with van der Waals surface area (Å²) in [5.41, 5.74) is 0. The van der Waals surface area contributed by atoms with Crippen molar-refractivity contribution in [3.63, 3.8) is 0 Å². The molecular formula is C20H23N3O4. The van der Waals surface area contributed by atoms with Crippen molar-refractivity contribution in [2.75, 3.05) is 32.1 Å². The van der Waals surface area contributed by atoms with Gasteiger partial charge in [-0.1, -0.05) is 6.07 Å². The lowest BCUT2D eigenvalue weighted by Gasteiger charge is -2.31. The van der Waals surface area contributed by atoms with Gasteiger partial charge in [0.05, 0.1) is 7.11 Å². The highest BCUT2D eigenvalue weighted by molar-refractivity contribution is 5.91. The van der Waals surface area contributed by atoms with Gasteiger partial charge in [-0.3, -0.25) is 9.59 Å². The zero-order valence-electron chi connectivity index (χ0n) is 15.3. The molecule has 1 aliphatic rings. The van der Waals surface area contributed by atoms with Gasteiger partial charge in [0.25, 0.3) is 5.91 Å². The number of ether oxygens (including phenoxy) is 2. The molecule has 3 rings (SSSR count). The molecule has 0 spiro atoms. The Morgan fingerprint density at radius 2 is 1.81 bits per heavy atom. The van der Waals surface area contributed by atoms with E-state index < -0.39 is 0 Å². The van der Waals surface area contributed by atoms with E-state index in [1.165, 1.54) is 0 Å². The van der Waals surface area contributed by atoms with Gasteiger partial charge in [0.15, 0.2) is 6.61 Å². The summed E-state index contributed by atoms with van der Waals surface area (Å²) < 4.78 is 10.6. The van der Waals surface area contributed by atoms with Crippen LogP contribution in [0.25, 0.3) is 0 Å². The Hall–Kier alpha value is -3.09. The summed E-state index contributed by atoms with van der Waals surface area (Å²) in [4.78, 5) is 30.5. The van der Waals surface area contributed by atoms with Gasteiger partial charge in [-0.25, -0.2) is 4.98 Å². The highest BCUT2D eigenvalue weighted by Gasteiger charge is 2.27. The van der Waals surface area contributed by atoms with Gasteiger partial charge in [0.2, 0.25) is 5.91 Å². The second kappa shape index (κ2) is 9.02. The van der Waals surface area contributed by atoms with Gasteiger partial charge in [-0.05, 0) is 49.2 Å². The monoisotopic (exact) mass is 369 g/mol. The minimum Gasteiger partial charge on any atom is -0.497 e. The molecule has 0 bridgehead atoms. The van der Waals surface area contributed by atoms with E-state index >= 15 is 0 Å². The number of piperidine rings is 1.